The number of benzene rings is 2. The minimum atomic E-state index is -0.450. The van der Waals surface area contributed by atoms with Gasteiger partial charge in [-0.2, -0.15) is 5.10 Å². The Morgan fingerprint density at radius 2 is 1.93 bits per heavy atom. The first-order chi connectivity index (χ1) is 12.9. The first-order valence-corrected chi connectivity index (χ1v) is 8.82. The molecule has 2 aromatic rings. The highest BCUT2D eigenvalue weighted by Crippen LogP contribution is 2.28. The summed E-state index contributed by atoms with van der Waals surface area (Å²) in [5.74, 6) is 0.278. The van der Waals surface area contributed by atoms with Crippen LogP contribution >= 0.6 is 27.5 Å². The third-order valence-electron chi connectivity index (χ3n) is 3.10. The van der Waals surface area contributed by atoms with Crippen molar-refractivity contribution >= 4 is 45.6 Å². The van der Waals surface area contributed by atoms with Crippen LogP contribution < -0.4 is 19.6 Å². The van der Waals surface area contributed by atoms with Gasteiger partial charge in [0.15, 0.2) is 18.1 Å². The van der Waals surface area contributed by atoms with Crippen molar-refractivity contribution in [2.24, 2.45) is 5.10 Å². The fourth-order valence-electron chi connectivity index (χ4n) is 1.95. The average molecular weight is 456 g/mol. The highest BCUT2D eigenvalue weighted by molar-refractivity contribution is 9.10. The molecule has 0 unspecified atom stereocenters. The van der Waals surface area contributed by atoms with Crippen molar-refractivity contribution in [2.75, 3.05) is 13.7 Å². The summed E-state index contributed by atoms with van der Waals surface area (Å²) in [6.45, 7) is 1.08. The van der Waals surface area contributed by atoms with E-state index in [4.69, 9.17) is 25.8 Å². The number of esters is 1. The topological polar surface area (TPSA) is 86.2 Å². The molecule has 1 amide bonds. The lowest BCUT2D eigenvalue weighted by Crippen LogP contribution is -2.24. The van der Waals surface area contributed by atoms with Crippen LogP contribution in [0.15, 0.2) is 46.0 Å². The molecule has 0 fully saturated rings. The lowest BCUT2D eigenvalue weighted by molar-refractivity contribution is -0.132. The van der Waals surface area contributed by atoms with Crippen molar-refractivity contribution < 1.29 is 23.8 Å². The first-order valence-electron chi connectivity index (χ1n) is 7.65. The van der Waals surface area contributed by atoms with Gasteiger partial charge in [-0.3, -0.25) is 9.59 Å². The van der Waals surface area contributed by atoms with Crippen LogP contribution in [0.4, 0.5) is 0 Å². The van der Waals surface area contributed by atoms with E-state index in [1.165, 1.54) is 20.2 Å². The summed E-state index contributed by atoms with van der Waals surface area (Å²) in [6, 6.07) is 9.84. The van der Waals surface area contributed by atoms with Gasteiger partial charge in [0.25, 0.3) is 5.91 Å². The molecule has 0 saturated heterocycles. The van der Waals surface area contributed by atoms with Gasteiger partial charge in [0.05, 0.1) is 17.8 Å². The lowest BCUT2D eigenvalue weighted by Gasteiger charge is -2.08. The van der Waals surface area contributed by atoms with Crippen LogP contribution in [0.5, 0.6) is 17.2 Å². The van der Waals surface area contributed by atoms with Crippen molar-refractivity contribution in [1.29, 1.82) is 0 Å². The second kappa shape index (κ2) is 9.94. The van der Waals surface area contributed by atoms with Gasteiger partial charge in [0.2, 0.25) is 0 Å². The van der Waals surface area contributed by atoms with Crippen molar-refractivity contribution in [2.45, 2.75) is 6.92 Å². The molecule has 0 aromatic heterocycles. The van der Waals surface area contributed by atoms with Crippen LogP contribution in [0, 0.1) is 0 Å². The molecule has 1 N–H and O–H groups in total. The summed E-state index contributed by atoms with van der Waals surface area (Å²) in [6.07, 6.45) is 1.43. The van der Waals surface area contributed by atoms with Crippen molar-refractivity contribution in [1.82, 2.24) is 5.43 Å². The van der Waals surface area contributed by atoms with Crippen molar-refractivity contribution in [3.8, 4) is 17.2 Å². The molecule has 2 aromatic carbocycles. The number of halogens is 2. The van der Waals surface area contributed by atoms with E-state index in [0.29, 0.717) is 32.3 Å². The Kier molecular flexibility index (Phi) is 7.63. The number of hydrogen-bond donors (Lipinski definition) is 1. The smallest absolute Gasteiger partial charge is 0.308 e. The molecule has 0 atom stereocenters. The first kappa shape index (κ1) is 20.7. The van der Waals surface area contributed by atoms with Gasteiger partial charge in [0.1, 0.15) is 5.75 Å². The maximum absolute atomic E-state index is 11.8. The van der Waals surface area contributed by atoms with Crippen LogP contribution in [0.25, 0.3) is 0 Å². The summed E-state index contributed by atoms with van der Waals surface area (Å²) in [7, 11) is 1.46. The Bertz CT molecular complexity index is 873. The Balaban J connectivity index is 1.90. The molecule has 2 rings (SSSR count). The third-order valence-corrected chi connectivity index (χ3v) is 3.95. The SMILES string of the molecule is COc1cc(C=NNC(=O)COc2ccc(Cl)cc2Br)ccc1OC(C)=O. The molecule has 0 heterocycles. The normalized spacial score (nSPS) is 10.5. The van der Waals surface area contributed by atoms with E-state index < -0.39 is 11.9 Å². The van der Waals surface area contributed by atoms with Gasteiger partial charge in [-0.15, -0.1) is 0 Å². The zero-order valence-electron chi connectivity index (χ0n) is 14.5. The summed E-state index contributed by atoms with van der Waals surface area (Å²) in [5.41, 5.74) is 3.00. The second-order valence-electron chi connectivity index (χ2n) is 5.16. The van der Waals surface area contributed by atoms with Gasteiger partial charge in [0, 0.05) is 11.9 Å². The third kappa shape index (κ3) is 6.58. The Hall–Kier alpha value is -2.58. The molecule has 0 bridgehead atoms. The maximum Gasteiger partial charge on any atom is 0.308 e. The molecule has 0 spiro atoms. The zero-order chi connectivity index (χ0) is 19.8. The van der Waals surface area contributed by atoms with Crippen LogP contribution in [0.1, 0.15) is 12.5 Å². The number of hydrogen-bond acceptors (Lipinski definition) is 6. The fourth-order valence-corrected chi connectivity index (χ4v) is 2.75. The molecule has 0 aliphatic carbocycles. The van der Waals surface area contributed by atoms with Crippen LogP contribution in [-0.4, -0.2) is 31.8 Å². The van der Waals surface area contributed by atoms with Crippen LogP contribution in [-0.2, 0) is 9.59 Å². The minimum absolute atomic E-state index is 0.216. The number of carbonyl (C=O) groups is 2. The monoisotopic (exact) mass is 454 g/mol. The van der Waals surface area contributed by atoms with E-state index in [-0.39, 0.29) is 6.61 Å². The highest BCUT2D eigenvalue weighted by atomic mass is 79.9. The van der Waals surface area contributed by atoms with E-state index in [1.807, 2.05) is 0 Å². The predicted molar refractivity (Wildman–Crippen MR) is 105 cm³/mol. The van der Waals surface area contributed by atoms with E-state index >= 15 is 0 Å². The van der Waals surface area contributed by atoms with Crippen LogP contribution in [0.3, 0.4) is 0 Å². The molecule has 27 heavy (non-hydrogen) atoms. The Morgan fingerprint density at radius 3 is 2.59 bits per heavy atom. The standard InChI is InChI=1S/C18H16BrClN2O5/c1-11(23)27-16-5-3-12(7-17(16)25-2)9-21-22-18(24)10-26-15-6-4-13(20)8-14(15)19/h3-9H,10H2,1-2H3,(H,22,24). The Morgan fingerprint density at radius 1 is 1.19 bits per heavy atom. The number of carbonyl (C=O) groups excluding carboxylic acids is 2. The van der Waals surface area contributed by atoms with Gasteiger partial charge in [-0.1, -0.05) is 11.6 Å². The number of methoxy groups -OCH3 is 1. The zero-order valence-corrected chi connectivity index (χ0v) is 16.8. The summed E-state index contributed by atoms with van der Waals surface area (Å²) in [4.78, 5) is 22.9. The molecule has 0 saturated carbocycles. The maximum atomic E-state index is 11.8. The largest absolute Gasteiger partial charge is 0.493 e. The van der Waals surface area contributed by atoms with Crippen LogP contribution in [0.2, 0.25) is 5.02 Å². The predicted octanol–water partition coefficient (Wildman–Crippen LogP) is 3.57. The number of amides is 1. The fraction of sp³-hybridized carbons (Fsp3) is 0.167. The Labute approximate surface area is 169 Å². The lowest BCUT2D eigenvalue weighted by atomic mass is 10.2. The minimum Gasteiger partial charge on any atom is -0.493 e. The molecule has 0 aliphatic heterocycles. The molecule has 0 radical (unpaired) electrons. The summed E-state index contributed by atoms with van der Waals surface area (Å²) in [5, 5.41) is 4.41. The number of nitrogens with zero attached hydrogens (tertiary/aromatic N) is 1. The molecule has 9 heteroatoms. The summed E-state index contributed by atoms with van der Waals surface area (Å²) >= 11 is 9.15. The van der Waals surface area contributed by atoms with Crippen molar-refractivity contribution in [3.05, 3.63) is 51.5 Å². The number of nitrogens with one attached hydrogen (secondary N) is 1. The quantitative estimate of drug-likeness (QED) is 0.299. The highest BCUT2D eigenvalue weighted by Gasteiger charge is 2.08. The van der Waals surface area contributed by atoms with Gasteiger partial charge in [-0.25, -0.2) is 5.43 Å². The van der Waals surface area contributed by atoms with E-state index in [2.05, 4.69) is 26.5 Å². The average Bonchev–Trinajstić information content (AvgIpc) is 2.61. The molecular weight excluding hydrogens is 440 g/mol. The molecular formula is C18H16BrClN2O5. The van der Waals surface area contributed by atoms with E-state index in [9.17, 15) is 9.59 Å². The molecule has 7 nitrogen and oxygen atoms in total. The number of rotatable bonds is 7. The van der Waals surface area contributed by atoms with Gasteiger partial charge in [-0.05, 0) is 57.9 Å². The van der Waals surface area contributed by atoms with E-state index in [1.54, 1.807) is 36.4 Å². The number of hydrazone groups is 1. The van der Waals surface area contributed by atoms with Crippen molar-refractivity contribution in [3.63, 3.8) is 0 Å². The molecule has 0 aliphatic rings. The number of ether oxygens (including phenoxy) is 3. The molecule has 142 valence electrons. The van der Waals surface area contributed by atoms with Gasteiger partial charge < -0.3 is 14.2 Å². The second-order valence-corrected chi connectivity index (χ2v) is 6.45. The van der Waals surface area contributed by atoms with Gasteiger partial charge >= 0.3 is 5.97 Å². The summed E-state index contributed by atoms with van der Waals surface area (Å²) < 4.78 is 16.2. The van der Waals surface area contributed by atoms with E-state index in [0.717, 1.165) is 0 Å².